The third kappa shape index (κ3) is 3.39. The zero-order valence-corrected chi connectivity index (χ0v) is 14.9. The van der Waals surface area contributed by atoms with Crippen molar-refractivity contribution in [2.75, 3.05) is 5.73 Å². The Morgan fingerprint density at radius 1 is 1.15 bits per heavy atom. The lowest BCUT2D eigenvalue weighted by molar-refractivity contribution is -0.149. The molecule has 1 heterocycles. The first-order valence-corrected chi connectivity index (χ1v) is 9.23. The molecule has 6 heteroatoms. The summed E-state index contributed by atoms with van der Waals surface area (Å²) in [7, 11) is 0. The van der Waals surface area contributed by atoms with Crippen molar-refractivity contribution >= 4 is 17.5 Å². The van der Waals surface area contributed by atoms with E-state index < -0.39 is 17.6 Å². The van der Waals surface area contributed by atoms with E-state index in [9.17, 15) is 14.0 Å². The first-order valence-electron chi connectivity index (χ1n) is 9.23. The molecule has 2 fully saturated rings. The predicted molar refractivity (Wildman–Crippen MR) is 99.8 cm³/mol. The van der Waals surface area contributed by atoms with E-state index in [0.717, 1.165) is 24.8 Å². The number of amides is 2. The Bertz CT molecular complexity index is 851. The number of anilines is 1. The summed E-state index contributed by atoms with van der Waals surface area (Å²) in [5.41, 5.74) is 7.50. The van der Waals surface area contributed by atoms with Gasteiger partial charge in [0.2, 0.25) is 0 Å². The van der Waals surface area contributed by atoms with E-state index in [1.807, 2.05) is 30.3 Å². The third-order valence-corrected chi connectivity index (χ3v) is 5.59. The van der Waals surface area contributed by atoms with E-state index in [4.69, 9.17) is 5.73 Å². The molecule has 3 atom stereocenters. The van der Waals surface area contributed by atoms with Crippen molar-refractivity contribution < 1.29 is 14.0 Å². The lowest BCUT2D eigenvalue weighted by atomic mass is 9.92. The van der Waals surface area contributed by atoms with Gasteiger partial charge in [0.1, 0.15) is 5.82 Å². The molecule has 1 saturated heterocycles. The molecule has 140 valence electrons. The number of nitrogens with two attached hydrogens (primary N) is 1. The molecule has 2 aliphatic rings. The minimum absolute atomic E-state index is 0.0481. The molecule has 2 bridgehead atoms. The van der Waals surface area contributed by atoms with Gasteiger partial charge in [0.05, 0.1) is 6.04 Å². The number of hydrogen-bond acceptors (Lipinski definition) is 3. The Kier molecular flexibility index (Phi) is 4.56. The van der Waals surface area contributed by atoms with Gasteiger partial charge in [0.15, 0.2) is 0 Å². The molecule has 3 N–H and O–H groups in total. The second-order valence-corrected chi connectivity index (χ2v) is 7.37. The summed E-state index contributed by atoms with van der Waals surface area (Å²) in [6.07, 6.45) is 2.96. The number of likely N-dealkylation sites (tertiary alicyclic amines) is 1. The molecule has 2 amide bonds. The van der Waals surface area contributed by atoms with Crippen LogP contribution in [0.2, 0.25) is 0 Å². The largest absolute Gasteiger partial charge is 0.399 e. The van der Waals surface area contributed by atoms with Crippen LogP contribution in [-0.4, -0.2) is 22.8 Å². The molecule has 27 heavy (non-hydrogen) atoms. The number of hydrogen-bond donors (Lipinski definition) is 2. The van der Waals surface area contributed by atoms with Crippen molar-refractivity contribution in [3.8, 4) is 0 Å². The summed E-state index contributed by atoms with van der Waals surface area (Å²) in [4.78, 5) is 27.1. The van der Waals surface area contributed by atoms with Gasteiger partial charge in [0, 0.05) is 18.3 Å². The van der Waals surface area contributed by atoms with Crippen LogP contribution in [0, 0.1) is 11.7 Å². The fourth-order valence-corrected chi connectivity index (χ4v) is 4.51. The summed E-state index contributed by atoms with van der Waals surface area (Å²) in [5.74, 6) is -1.24. The predicted octanol–water partition coefficient (Wildman–Crippen LogP) is 2.78. The number of carbonyl (C=O) groups is 2. The van der Waals surface area contributed by atoms with Crippen LogP contribution in [0.3, 0.4) is 0 Å². The van der Waals surface area contributed by atoms with E-state index in [2.05, 4.69) is 5.32 Å². The van der Waals surface area contributed by atoms with Crippen LogP contribution in [-0.2, 0) is 16.1 Å². The molecule has 2 aromatic rings. The number of nitrogen functional groups attached to an aromatic ring is 1. The molecule has 4 rings (SSSR count). The number of nitrogens with zero attached hydrogens (tertiary/aromatic N) is 1. The Morgan fingerprint density at radius 2 is 1.93 bits per heavy atom. The fourth-order valence-electron chi connectivity index (χ4n) is 4.51. The van der Waals surface area contributed by atoms with Gasteiger partial charge in [-0.15, -0.1) is 0 Å². The molecule has 5 nitrogen and oxygen atoms in total. The van der Waals surface area contributed by atoms with Gasteiger partial charge in [0.25, 0.3) is 0 Å². The summed E-state index contributed by atoms with van der Waals surface area (Å²) in [6, 6.07) is 14.0. The monoisotopic (exact) mass is 367 g/mol. The first kappa shape index (κ1) is 17.5. The van der Waals surface area contributed by atoms with Crippen LogP contribution in [0.25, 0.3) is 0 Å². The topological polar surface area (TPSA) is 75.4 Å². The normalized spacial score (nSPS) is 23.4. The van der Waals surface area contributed by atoms with Gasteiger partial charge in [-0.2, -0.15) is 0 Å². The number of nitrogens with one attached hydrogen (secondary N) is 1. The maximum absolute atomic E-state index is 13.4. The van der Waals surface area contributed by atoms with E-state index in [1.165, 1.54) is 12.1 Å². The van der Waals surface area contributed by atoms with Crippen LogP contribution in [0.5, 0.6) is 0 Å². The molecular weight excluding hydrogens is 345 g/mol. The van der Waals surface area contributed by atoms with Crippen LogP contribution < -0.4 is 11.1 Å². The van der Waals surface area contributed by atoms with Crippen molar-refractivity contribution in [1.29, 1.82) is 0 Å². The van der Waals surface area contributed by atoms with Crippen LogP contribution >= 0.6 is 0 Å². The summed E-state index contributed by atoms with van der Waals surface area (Å²) in [5, 5.41) is 2.61. The second kappa shape index (κ2) is 7.02. The van der Waals surface area contributed by atoms with Gasteiger partial charge in [-0.3, -0.25) is 9.59 Å². The van der Waals surface area contributed by atoms with Gasteiger partial charge in [-0.25, -0.2) is 4.39 Å². The van der Waals surface area contributed by atoms with Gasteiger partial charge < -0.3 is 16.0 Å². The highest BCUT2D eigenvalue weighted by Crippen LogP contribution is 2.50. The zero-order chi connectivity index (χ0) is 19.0. The zero-order valence-electron chi connectivity index (χ0n) is 14.9. The highest BCUT2D eigenvalue weighted by molar-refractivity contribution is 6.35. The van der Waals surface area contributed by atoms with Crippen molar-refractivity contribution in [3.63, 3.8) is 0 Å². The highest BCUT2D eigenvalue weighted by Gasteiger charge is 2.49. The fraction of sp³-hybridized carbons (Fsp3) is 0.333. The average molecular weight is 367 g/mol. The highest BCUT2D eigenvalue weighted by atomic mass is 19.1. The Hall–Kier alpha value is -2.89. The van der Waals surface area contributed by atoms with Gasteiger partial charge >= 0.3 is 11.8 Å². The molecular formula is C21H22FN3O2. The van der Waals surface area contributed by atoms with Crippen molar-refractivity contribution in [3.05, 3.63) is 65.5 Å². The van der Waals surface area contributed by atoms with Crippen LogP contribution in [0.1, 0.15) is 36.4 Å². The summed E-state index contributed by atoms with van der Waals surface area (Å²) >= 11 is 0. The number of fused-ring (bicyclic) bond motifs is 2. The SMILES string of the molecule is Nc1cc(F)cc(CNC(=O)C(=O)N2C3CCC(C3)C2c2ccccc2)c1. The Balaban J connectivity index is 1.48. The smallest absolute Gasteiger partial charge is 0.312 e. The van der Waals surface area contributed by atoms with Crippen molar-refractivity contribution in [1.82, 2.24) is 10.2 Å². The number of carbonyl (C=O) groups excluding carboxylic acids is 2. The second-order valence-electron chi connectivity index (χ2n) is 7.37. The minimum atomic E-state index is -0.661. The Morgan fingerprint density at radius 3 is 2.67 bits per heavy atom. The minimum Gasteiger partial charge on any atom is -0.399 e. The van der Waals surface area contributed by atoms with E-state index in [-0.39, 0.29) is 24.3 Å². The molecule has 1 aliphatic carbocycles. The molecule has 2 aromatic carbocycles. The van der Waals surface area contributed by atoms with Crippen molar-refractivity contribution in [2.24, 2.45) is 5.92 Å². The maximum atomic E-state index is 13.4. The van der Waals surface area contributed by atoms with Gasteiger partial charge in [-0.05, 0) is 54.5 Å². The quantitative estimate of drug-likeness (QED) is 0.647. The molecule has 1 aliphatic heterocycles. The molecule has 0 radical (unpaired) electrons. The number of benzene rings is 2. The van der Waals surface area contributed by atoms with E-state index in [1.54, 1.807) is 11.0 Å². The molecule has 1 saturated carbocycles. The van der Waals surface area contributed by atoms with Crippen LogP contribution in [0.4, 0.5) is 10.1 Å². The molecule has 3 unspecified atom stereocenters. The Labute approximate surface area is 157 Å². The van der Waals surface area contributed by atoms with Gasteiger partial charge in [-0.1, -0.05) is 30.3 Å². The van der Waals surface area contributed by atoms with E-state index in [0.29, 0.717) is 11.5 Å². The lowest BCUT2D eigenvalue weighted by Crippen LogP contribution is -2.47. The molecule has 0 aromatic heterocycles. The summed E-state index contributed by atoms with van der Waals surface area (Å²) in [6.45, 7) is 0.0600. The maximum Gasteiger partial charge on any atom is 0.312 e. The third-order valence-electron chi connectivity index (χ3n) is 5.59. The number of halogens is 1. The average Bonchev–Trinajstić information content (AvgIpc) is 3.27. The molecule has 0 spiro atoms. The van der Waals surface area contributed by atoms with E-state index >= 15 is 0 Å². The lowest BCUT2D eigenvalue weighted by Gasteiger charge is -2.35. The number of rotatable bonds is 3. The van der Waals surface area contributed by atoms with Crippen molar-refractivity contribution in [2.45, 2.75) is 37.9 Å². The first-order chi connectivity index (χ1) is 13.0. The number of piperidine rings is 1. The standard InChI is InChI=1S/C21H22FN3O2/c22-16-8-13(9-17(23)11-16)12-24-20(26)21(27)25-18-7-6-15(10-18)19(25)14-4-2-1-3-5-14/h1-5,8-9,11,15,18-19H,6-7,10,12,23H2,(H,24,26). The van der Waals surface area contributed by atoms with Crippen LogP contribution in [0.15, 0.2) is 48.5 Å². The summed E-state index contributed by atoms with van der Waals surface area (Å²) < 4.78 is 13.4.